The van der Waals surface area contributed by atoms with Crippen LogP contribution in [0.4, 0.5) is 4.39 Å². The Morgan fingerprint density at radius 2 is 2.05 bits per heavy atom. The Labute approximate surface area is 118 Å². The van der Waals surface area contributed by atoms with Crippen molar-refractivity contribution in [1.29, 1.82) is 0 Å². The molecule has 1 heterocycles. The second-order valence-electron chi connectivity index (χ2n) is 5.38. The largest absolute Gasteiger partial charge is 0.347 e. The second-order valence-corrected chi connectivity index (χ2v) is 5.95. The van der Waals surface area contributed by atoms with E-state index in [9.17, 15) is 9.18 Å². The number of carbonyl (C=O) groups excluding carboxylic acids is 1. The molecule has 1 saturated heterocycles. The zero-order chi connectivity index (χ0) is 14.0. The van der Waals surface area contributed by atoms with Crippen molar-refractivity contribution in [3.05, 3.63) is 35.1 Å². The molecule has 1 aromatic rings. The Morgan fingerprint density at radius 3 is 2.68 bits per heavy atom. The molecular weight excluding hydrogens is 263 g/mol. The summed E-state index contributed by atoms with van der Waals surface area (Å²) in [4.78, 5) is 12.3. The fourth-order valence-electron chi connectivity index (χ4n) is 2.31. The van der Waals surface area contributed by atoms with Gasteiger partial charge in [-0.25, -0.2) is 4.39 Å². The van der Waals surface area contributed by atoms with Crippen LogP contribution in [0.15, 0.2) is 18.2 Å². The van der Waals surface area contributed by atoms with Gasteiger partial charge in [0.25, 0.3) is 5.91 Å². The molecule has 0 radical (unpaired) electrons. The number of thiol groups is 1. The number of halogens is 1. The van der Waals surface area contributed by atoms with Gasteiger partial charge in [-0.15, -0.1) is 0 Å². The number of hydrogen-bond acceptors (Lipinski definition) is 3. The van der Waals surface area contributed by atoms with E-state index < -0.39 is 0 Å². The van der Waals surface area contributed by atoms with Gasteiger partial charge < -0.3 is 5.32 Å². The van der Waals surface area contributed by atoms with Crippen LogP contribution in [0.2, 0.25) is 0 Å². The highest BCUT2D eigenvalue weighted by atomic mass is 32.1. The van der Waals surface area contributed by atoms with E-state index in [1.807, 2.05) is 11.2 Å². The van der Waals surface area contributed by atoms with Crippen molar-refractivity contribution in [2.75, 3.05) is 13.1 Å². The van der Waals surface area contributed by atoms with Crippen LogP contribution in [0.25, 0.3) is 0 Å². The predicted molar refractivity (Wildman–Crippen MR) is 76.8 cm³/mol. The van der Waals surface area contributed by atoms with Gasteiger partial charge in [0, 0.05) is 24.2 Å². The average molecular weight is 282 g/mol. The zero-order valence-electron chi connectivity index (χ0n) is 11.2. The van der Waals surface area contributed by atoms with Crippen LogP contribution in [-0.4, -0.2) is 28.8 Å². The number of benzene rings is 1. The molecule has 0 aliphatic carbocycles. The van der Waals surface area contributed by atoms with Crippen LogP contribution in [-0.2, 0) is 0 Å². The minimum atomic E-state index is -0.344. The van der Waals surface area contributed by atoms with Crippen molar-refractivity contribution < 1.29 is 9.18 Å². The molecule has 1 aromatic carbocycles. The molecule has 0 atom stereocenters. The molecule has 0 aromatic heterocycles. The lowest BCUT2D eigenvalue weighted by Gasteiger charge is -2.38. The second kappa shape index (κ2) is 5.51. The molecule has 1 N–H and O–H groups in total. The molecule has 5 heteroatoms. The molecule has 104 valence electrons. The van der Waals surface area contributed by atoms with Crippen LogP contribution >= 0.6 is 12.8 Å². The highest BCUT2D eigenvalue weighted by Crippen LogP contribution is 2.23. The normalized spacial score (nSPS) is 19.2. The van der Waals surface area contributed by atoms with Gasteiger partial charge >= 0.3 is 0 Å². The monoisotopic (exact) mass is 282 g/mol. The molecule has 3 nitrogen and oxygen atoms in total. The first-order valence-corrected chi connectivity index (χ1v) is 6.83. The fourth-order valence-corrected chi connectivity index (χ4v) is 2.51. The Bertz CT molecular complexity index is 484. The van der Waals surface area contributed by atoms with E-state index in [0.717, 1.165) is 25.9 Å². The molecule has 1 aliphatic rings. The van der Waals surface area contributed by atoms with Gasteiger partial charge in [0.15, 0.2) is 0 Å². The van der Waals surface area contributed by atoms with Crippen LogP contribution in [0.1, 0.15) is 35.7 Å². The predicted octanol–water partition coefficient (Wildman–Crippen LogP) is 2.56. The lowest BCUT2D eigenvalue weighted by Crippen LogP contribution is -2.51. The topological polar surface area (TPSA) is 32.3 Å². The van der Waals surface area contributed by atoms with Gasteiger partial charge in [0.2, 0.25) is 0 Å². The molecule has 19 heavy (non-hydrogen) atoms. The lowest BCUT2D eigenvalue weighted by atomic mass is 9.90. The first-order chi connectivity index (χ1) is 8.91. The number of amides is 1. The summed E-state index contributed by atoms with van der Waals surface area (Å²) in [6.07, 6.45) is 1.69. The molecule has 0 spiro atoms. The number of hydrogen-bond donors (Lipinski definition) is 2. The Hall–Kier alpha value is -1.07. The maximum Gasteiger partial charge on any atom is 0.252 e. The SMILES string of the molecule is Cc1c(F)cccc1C(=O)NC1(C)CCN(S)CC1. The quantitative estimate of drug-likeness (QED) is 0.817. The minimum Gasteiger partial charge on any atom is -0.347 e. The number of carbonyl (C=O) groups is 1. The van der Waals surface area contributed by atoms with Gasteiger partial charge in [-0.05, 0) is 44.4 Å². The van der Waals surface area contributed by atoms with Crippen molar-refractivity contribution in [2.45, 2.75) is 32.2 Å². The molecule has 0 bridgehead atoms. The number of rotatable bonds is 2. The van der Waals surface area contributed by atoms with Crippen molar-refractivity contribution >= 4 is 18.7 Å². The van der Waals surface area contributed by atoms with Crippen LogP contribution < -0.4 is 5.32 Å². The van der Waals surface area contributed by atoms with Crippen LogP contribution in [0.3, 0.4) is 0 Å². The first kappa shape index (κ1) is 14.3. The van der Waals surface area contributed by atoms with E-state index in [4.69, 9.17) is 0 Å². The Morgan fingerprint density at radius 1 is 1.42 bits per heavy atom. The lowest BCUT2D eigenvalue weighted by molar-refractivity contribution is 0.0873. The van der Waals surface area contributed by atoms with E-state index in [0.29, 0.717) is 11.1 Å². The standard InChI is InChI=1S/C14H19FN2OS/c1-10-11(4-3-5-12(10)15)13(18)16-14(2)6-8-17(19)9-7-14/h3-5,19H,6-9H2,1-2H3,(H,16,18). The smallest absolute Gasteiger partial charge is 0.252 e. The fraction of sp³-hybridized carbons (Fsp3) is 0.500. The maximum absolute atomic E-state index is 13.5. The number of nitrogens with one attached hydrogen (secondary N) is 1. The van der Waals surface area contributed by atoms with Crippen molar-refractivity contribution in [3.63, 3.8) is 0 Å². The van der Waals surface area contributed by atoms with Crippen LogP contribution in [0.5, 0.6) is 0 Å². The van der Waals surface area contributed by atoms with Gasteiger partial charge in [-0.2, -0.15) is 0 Å². The van der Waals surface area contributed by atoms with E-state index >= 15 is 0 Å². The molecule has 1 fully saturated rings. The first-order valence-electron chi connectivity index (χ1n) is 6.43. The Kier molecular flexibility index (Phi) is 4.16. The summed E-state index contributed by atoms with van der Waals surface area (Å²) in [5.41, 5.74) is 0.569. The highest BCUT2D eigenvalue weighted by molar-refractivity contribution is 7.77. The zero-order valence-corrected chi connectivity index (χ0v) is 12.1. The van der Waals surface area contributed by atoms with E-state index in [2.05, 4.69) is 18.1 Å². The summed E-state index contributed by atoms with van der Waals surface area (Å²) in [5, 5.41) is 3.03. The maximum atomic E-state index is 13.5. The third kappa shape index (κ3) is 3.28. The summed E-state index contributed by atoms with van der Waals surface area (Å²) >= 11 is 4.30. The average Bonchev–Trinajstić information content (AvgIpc) is 2.36. The molecule has 1 aliphatic heterocycles. The van der Waals surface area contributed by atoms with Gasteiger partial charge in [-0.3, -0.25) is 9.10 Å². The van der Waals surface area contributed by atoms with Crippen molar-refractivity contribution in [3.8, 4) is 0 Å². The van der Waals surface area contributed by atoms with E-state index in [-0.39, 0.29) is 17.3 Å². The highest BCUT2D eigenvalue weighted by Gasteiger charge is 2.31. The van der Waals surface area contributed by atoms with E-state index in [1.54, 1.807) is 19.1 Å². The van der Waals surface area contributed by atoms with Crippen LogP contribution in [0, 0.1) is 12.7 Å². The van der Waals surface area contributed by atoms with Gasteiger partial charge in [0.05, 0.1) is 0 Å². The summed E-state index contributed by atoms with van der Waals surface area (Å²) in [6.45, 7) is 5.33. The van der Waals surface area contributed by atoms with Gasteiger partial charge in [-0.1, -0.05) is 18.9 Å². The summed E-state index contributed by atoms with van der Waals surface area (Å²) in [5.74, 6) is -0.546. The van der Waals surface area contributed by atoms with E-state index in [1.165, 1.54) is 6.07 Å². The molecule has 0 unspecified atom stereocenters. The molecule has 0 saturated carbocycles. The molecule has 1 amide bonds. The molecular formula is C14H19FN2OS. The minimum absolute atomic E-state index is 0.202. The number of nitrogens with zero attached hydrogens (tertiary/aromatic N) is 1. The number of piperidine rings is 1. The summed E-state index contributed by atoms with van der Waals surface area (Å²) in [7, 11) is 0. The summed E-state index contributed by atoms with van der Waals surface area (Å²) < 4.78 is 15.4. The Balaban J connectivity index is 2.11. The molecule has 2 rings (SSSR count). The third-order valence-electron chi connectivity index (χ3n) is 3.77. The van der Waals surface area contributed by atoms with Crippen molar-refractivity contribution in [2.24, 2.45) is 0 Å². The van der Waals surface area contributed by atoms with Crippen molar-refractivity contribution in [1.82, 2.24) is 9.62 Å². The summed E-state index contributed by atoms with van der Waals surface area (Å²) in [6, 6.07) is 4.59. The third-order valence-corrected chi connectivity index (χ3v) is 4.17. The van der Waals surface area contributed by atoms with Gasteiger partial charge in [0.1, 0.15) is 5.82 Å².